The second-order valence-electron chi connectivity index (χ2n) is 28.5. The minimum atomic E-state index is -4.77. The number of carbonyl (C=O) groups is 12. The number of unbranched alkanes of at least 4 members (excludes halogenated alkanes) is 2. The molecule has 0 bridgehead atoms. The normalized spacial score (nSPS) is 26.5. The van der Waals surface area contributed by atoms with Crippen molar-refractivity contribution in [2.45, 2.75) is 229 Å². The second-order valence-corrected chi connectivity index (χ2v) is 29.0. The van der Waals surface area contributed by atoms with Gasteiger partial charge < -0.3 is 60.5 Å². The molecular formula is C72H104ClF3N12O12. The lowest BCUT2D eigenvalue weighted by atomic mass is 9.90. The fourth-order valence-electron chi connectivity index (χ4n) is 14.7. The predicted molar refractivity (Wildman–Crippen MR) is 368 cm³/mol. The van der Waals surface area contributed by atoms with E-state index in [0.717, 1.165) is 41.9 Å². The van der Waals surface area contributed by atoms with E-state index in [2.05, 4.69) is 21.3 Å². The van der Waals surface area contributed by atoms with Crippen LogP contribution in [-0.4, -0.2) is 239 Å². The van der Waals surface area contributed by atoms with Gasteiger partial charge >= 0.3 is 6.18 Å². The molecule has 5 fully saturated rings. The van der Waals surface area contributed by atoms with E-state index in [4.69, 9.17) is 11.6 Å². The summed E-state index contributed by atoms with van der Waals surface area (Å²) in [6, 6.07) is -0.907. The summed E-state index contributed by atoms with van der Waals surface area (Å²) in [4.78, 5) is 189. The van der Waals surface area contributed by atoms with Crippen molar-refractivity contribution in [2.24, 2.45) is 11.8 Å². The number of halogens is 4. The Kier molecular flexibility index (Phi) is 27.6. The molecule has 100 heavy (non-hydrogen) atoms. The Balaban J connectivity index is 1.29. The number of aryl methyl sites for hydroxylation is 2. The Morgan fingerprint density at radius 1 is 0.670 bits per heavy atom. The minimum absolute atomic E-state index is 0.0222. The van der Waals surface area contributed by atoms with Gasteiger partial charge in [0.15, 0.2) is 0 Å². The molecule has 552 valence electrons. The van der Waals surface area contributed by atoms with E-state index < -0.39 is 172 Å². The first-order valence-corrected chi connectivity index (χ1v) is 35.8. The fourth-order valence-corrected chi connectivity index (χ4v) is 15.0. The number of carbonyl (C=O) groups excluding carboxylic acids is 12. The molecule has 2 aliphatic carbocycles. The molecule has 2 aromatic rings. The zero-order valence-electron chi connectivity index (χ0n) is 60.1. The number of amides is 12. The Hall–Kier alpha value is -7.84. The van der Waals surface area contributed by atoms with E-state index in [1.807, 2.05) is 32.9 Å². The highest BCUT2D eigenvalue weighted by Gasteiger charge is 2.52. The van der Waals surface area contributed by atoms with Crippen LogP contribution in [0.2, 0.25) is 5.02 Å². The van der Waals surface area contributed by atoms with Crippen LogP contribution < -0.4 is 21.3 Å². The van der Waals surface area contributed by atoms with Crippen molar-refractivity contribution < 1.29 is 70.7 Å². The molecule has 3 saturated heterocycles. The number of benzene rings is 2. The number of nitrogens with one attached hydrogen (secondary N) is 4. The number of likely N-dealkylation sites (N-methyl/N-ethyl adjacent to an activating group) is 6. The lowest BCUT2D eigenvalue weighted by Gasteiger charge is -2.44. The van der Waals surface area contributed by atoms with E-state index in [1.165, 1.54) is 96.6 Å². The van der Waals surface area contributed by atoms with Crippen LogP contribution >= 0.6 is 11.6 Å². The zero-order valence-corrected chi connectivity index (χ0v) is 60.9. The molecule has 10 atom stereocenters. The smallest absolute Gasteiger partial charge is 0.347 e. The first-order chi connectivity index (χ1) is 47.2. The van der Waals surface area contributed by atoms with Crippen LogP contribution in [0.5, 0.6) is 0 Å². The maximum atomic E-state index is 15.6. The SMILES string of the molecule is CCCCC[C@H]1C(=O)N[C@@H]([C@@H](C)CC)C(=O)N[C@@H](C)C(=O)N2CC[C@H]2C(=O)N(C)[C@@H](Cc2ccc(C)cc2)C(=O)N(C)CC(=O)N[C@@H](CCc2ccc(C(F)(F)F)c(Cl)c2)C(=O)N2CCC[C@H]2C(=O)NC2(CCCC2)C(=O)N(C)[C@@H](C2CCCC2)C(=O)N(C)[C@H](C(=O)N(C)C)CC(=O)N1C. The van der Waals surface area contributed by atoms with Gasteiger partial charge in [-0.15, -0.1) is 0 Å². The lowest BCUT2D eigenvalue weighted by Crippen LogP contribution is -2.65. The van der Waals surface area contributed by atoms with Crippen molar-refractivity contribution in [3.05, 3.63) is 69.7 Å². The first kappa shape index (κ1) is 79.5. The summed E-state index contributed by atoms with van der Waals surface area (Å²) >= 11 is 6.15. The molecule has 1 spiro atoms. The summed E-state index contributed by atoms with van der Waals surface area (Å²) in [5.41, 5.74) is -0.805. The van der Waals surface area contributed by atoms with Gasteiger partial charge in [0.05, 0.1) is 23.6 Å². The van der Waals surface area contributed by atoms with Gasteiger partial charge in [0.1, 0.15) is 59.9 Å². The predicted octanol–water partition coefficient (Wildman–Crippen LogP) is 5.41. The monoisotopic (exact) mass is 1420 g/mol. The molecule has 3 heterocycles. The highest BCUT2D eigenvalue weighted by molar-refractivity contribution is 6.31. The molecule has 2 saturated carbocycles. The second kappa shape index (κ2) is 34.7. The van der Waals surface area contributed by atoms with E-state index in [1.54, 1.807) is 19.1 Å². The van der Waals surface area contributed by atoms with Crippen molar-refractivity contribution in [1.29, 1.82) is 0 Å². The van der Waals surface area contributed by atoms with Crippen LogP contribution in [0.3, 0.4) is 0 Å². The van der Waals surface area contributed by atoms with Gasteiger partial charge in [-0.05, 0) is 113 Å². The fraction of sp³-hybridized carbons (Fsp3) is 0.667. The molecule has 7 rings (SSSR count). The summed E-state index contributed by atoms with van der Waals surface area (Å²) in [6.07, 6.45) is 1.29. The van der Waals surface area contributed by atoms with E-state index in [9.17, 15) is 51.5 Å². The summed E-state index contributed by atoms with van der Waals surface area (Å²) in [5, 5.41) is 10.8. The van der Waals surface area contributed by atoms with Gasteiger partial charge in [0.2, 0.25) is 70.9 Å². The minimum Gasteiger partial charge on any atom is -0.347 e. The first-order valence-electron chi connectivity index (χ1n) is 35.4. The highest BCUT2D eigenvalue weighted by Crippen LogP contribution is 2.38. The van der Waals surface area contributed by atoms with Crippen molar-refractivity contribution in [3.8, 4) is 0 Å². The number of hydrogen-bond acceptors (Lipinski definition) is 12. The van der Waals surface area contributed by atoms with E-state index in [-0.39, 0.29) is 70.0 Å². The Morgan fingerprint density at radius 3 is 1.90 bits per heavy atom. The average Bonchev–Trinajstić information content (AvgIpc) is 1.36. The van der Waals surface area contributed by atoms with Crippen LogP contribution in [0, 0.1) is 18.8 Å². The molecule has 0 unspecified atom stereocenters. The summed E-state index contributed by atoms with van der Waals surface area (Å²) in [5.74, 6) is -9.01. The third-order valence-corrected chi connectivity index (χ3v) is 21.6. The molecule has 28 heteroatoms. The van der Waals surface area contributed by atoms with Gasteiger partial charge in [-0.2, -0.15) is 13.2 Å². The number of alkyl halides is 3. The van der Waals surface area contributed by atoms with Crippen LogP contribution in [0.25, 0.3) is 0 Å². The number of nitrogens with zero attached hydrogens (tertiary/aromatic N) is 8. The summed E-state index contributed by atoms with van der Waals surface area (Å²) in [6.45, 7) is 8.34. The Bertz CT molecular complexity index is 3330. The molecule has 2 aromatic carbocycles. The number of hydrogen-bond donors (Lipinski definition) is 4. The molecule has 5 aliphatic rings. The molecular weight excluding hydrogens is 1320 g/mol. The van der Waals surface area contributed by atoms with Gasteiger partial charge in [-0.3, -0.25) is 57.5 Å². The lowest BCUT2D eigenvalue weighted by molar-refractivity contribution is -0.157. The third kappa shape index (κ3) is 18.8. The van der Waals surface area contributed by atoms with Crippen LogP contribution in [0.15, 0.2) is 42.5 Å². The Labute approximate surface area is 590 Å². The summed E-state index contributed by atoms with van der Waals surface area (Å²) in [7, 11) is 10.0. The highest BCUT2D eigenvalue weighted by atomic mass is 35.5. The van der Waals surface area contributed by atoms with Crippen LogP contribution in [0.1, 0.15) is 166 Å². The quantitative estimate of drug-likeness (QED) is 0.183. The third-order valence-electron chi connectivity index (χ3n) is 21.3. The van der Waals surface area contributed by atoms with Gasteiger partial charge in [0.25, 0.3) is 0 Å². The van der Waals surface area contributed by atoms with E-state index in [0.29, 0.717) is 56.9 Å². The molecule has 4 N–H and O–H groups in total. The van der Waals surface area contributed by atoms with Crippen molar-refractivity contribution >= 4 is 82.5 Å². The summed E-state index contributed by atoms with van der Waals surface area (Å²) < 4.78 is 41.6. The molecule has 24 nitrogen and oxygen atoms in total. The van der Waals surface area contributed by atoms with Crippen molar-refractivity contribution in [3.63, 3.8) is 0 Å². The number of fused-ring (bicyclic) bond motifs is 2. The maximum absolute atomic E-state index is 15.6. The average molecular weight is 1420 g/mol. The maximum Gasteiger partial charge on any atom is 0.417 e. The largest absolute Gasteiger partial charge is 0.417 e. The Morgan fingerprint density at radius 2 is 1.31 bits per heavy atom. The van der Waals surface area contributed by atoms with Crippen molar-refractivity contribution in [2.75, 3.05) is 69.0 Å². The molecule has 0 aromatic heterocycles. The van der Waals surface area contributed by atoms with Gasteiger partial charge in [-0.25, -0.2) is 0 Å². The number of rotatable bonds is 13. The van der Waals surface area contributed by atoms with Crippen molar-refractivity contribution in [1.82, 2.24) is 60.5 Å². The standard InChI is InChI=1S/C72H104ClF3N12O12/c1-13-15-16-24-52-61(91)79-59(44(4)14-2)63(93)77-45(5)64(94)88-38-34-54(88)68(98)84(10)55(40-47-28-26-43(3)27-29-47)67(97)82(8)42-57(89)78-51(33-31-46-30-32-49(50(73)39-46)72(74,75)76)65(95)87-37-21-25-53(87)62(92)80-71(35-19-20-36-71)70(100)86(12)60(48-22-17-18-23-48)69(99)85(11)56(66(96)81(6)7)41-58(90)83(52)9/h26-30,32,39,44-45,48,51-56,59-60H,13-25,31,33-38,40-42H2,1-12H3,(H,77,93)(H,78,89)(H,79,91)(H,80,92)/t44-,45-,51-,52-,53-,54-,55-,56-,59-,60-/m0/s1. The molecule has 0 radical (unpaired) electrons. The van der Waals surface area contributed by atoms with Gasteiger partial charge in [-0.1, -0.05) is 120 Å². The van der Waals surface area contributed by atoms with Crippen LogP contribution in [-0.2, 0) is 76.6 Å². The molecule has 3 aliphatic heterocycles. The van der Waals surface area contributed by atoms with Crippen LogP contribution in [0.4, 0.5) is 13.2 Å². The zero-order chi connectivity index (χ0) is 73.8. The van der Waals surface area contributed by atoms with Gasteiger partial charge in [0, 0.05) is 68.8 Å². The topological polar surface area (TPSA) is 279 Å². The molecule has 12 amide bonds. The van der Waals surface area contributed by atoms with E-state index >= 15 is 19.2 Å².